The Balaban J connectivity index is 2.16. The van der Waals surface area contributed by atoms with E-state index in [1.54, 1.807) is 55.5 Å². The number of halogens is 1. The standard InChI is InChI=1S/C19H15ClO5/c1-2-23-16(21)11-24-19-17(22)13-8-4-6-10-15(13)25-18(19)12-7-3-5-9-14(12)20/h3-10H,2,11H2,1H3. The molecule has 0 aliphatic rings. The van der Waals surface area contributed by atoms with E-state index >= 15 is 0 Å². The predicted octanol–water partition coefficient (Wildman–Crippen LogP) is 4.06. The van der Waals surface area contributed by atoms with E-state index in [1.807, 2.05) is 0 Å². The molecule has 2 aromatic carbocycles. The molecule has 0 aliphatic carbocycles. The van der Waals surface area contributed by atoms with Gasteiger partial charge in [-0.25, -0.2) is 4.79 Å². The van der Waals surface area contributed by atoms with Gasteiger partial charge in [-0.3, -0.25) is 4.79 Å². The van der Waals surface area contributed by atoms with Crippen molar-refractivity contribution >= 4 is 28.5 Å². The molecule has 6 heteroatoms. The molecule has 3 aromatic rings. The van der Waals surface area contributed by atoms with E-state index in [0.717, 1.165) is 0 Å². The molecule has 0 atom stereocenters. The number of benzene rings is 2. The van der Waals surface area contributed by atoms with Crippen LogP contribution in [0.5, 0.6) is 5.75 Å². The molecule has 0 bridgehead atoms. The first kappa shape index (κ1) is 17.0. The molecule has 0 spiro atoms. The molecule has 1 heterocycles. The second kappa shape index (κ2) is 7.40. The second-order valence-electron chi connectivity index (χ2n) is 5.16. The van der Waals surface area contributed by atoms with Gasteiger partial charge in [-0.2, -0.15) is 0 Å². The van der Waals surface area contributed by atoms with Crippen molar-refractivity contribution in [3.05, 3.63) is 63.8 Å². The highest BCUT2D eigenvalue weighted by molar-refractivity contribution is 6.33. The van der Waals surface area contributed by atoms with Crippen LogP contribution >= 0.6 is 11.6 Å². The molecule has 0 saturated carbocycles. The number of fused-ring (bicyclic) bond motifs is 1. The van der Waals surface area contributed by atoms with Gasteiger partial charge in [0.15, 0.2) is 12.4 Å². The summed E-state index contributed by atoms with van der Waals surface area (Å²) in [7, 11) is 0. The first-order valence-corrected chi connectivity index (χ1v) is 8.08. The first-order chi connectivity index (χ1) is 12.1. The zero-order valence-corrected chi connectivity index (χ0v) is 14.2. The summed E-state index contributed by atoms with van der Waals surface area (Å²) in [6, 6.07) is 13.7. The first-order valence-electron chi connectivity index (χ1n) is 7.71. The van der Waals surface area contributed by atoms with Gasteiger partial charge in [-0.05, 0) is 31.2 Å². The minimum atomic E-state index is -0.569. The van der Waals surface area contributed by atoms with Crippen LogP contribution in [0, 0.1) is 0 Å². The monoisotopic (exact) mass is 358 g/mol. The zero-order chi connectivity index (χ0) is 17.8. The normalized spacial score (nSPS) is 10.6. The number of carbonyl (C=O) groups is 1. The Morgan fingerprint density at radius 3 is 2.60 bits per heavy atom. The van der Waals surface area contributed by atoms with E-state index in [4.69, 9.17) is 25.5 Å². The van der Waals surface area contributed by atoms with Gasteiger partial charge in [-0.1, -0.05) is 35.9 Å². The van der Waals surface area contributed by atoms with Crippen LogP contribution in [0.1, 0.15) is 6.92 Å². The number of para-hydroxylation sites is 1. The molecule has 0 aliphatic heterocycles. The van der Waals surface area contributed by atoms with Gasteiger partial charge in [0.05, 0.1) is 17.0 Å². The van der Waals surface area contributed by atoms with Crippen molar-refractivity contribution in [2.75, 3.05) is 13.2 Å². The molecular weight excluding hydrogens is 344 g/mol. The molecule has 0 radical (unpaired) electrons. The van der Waals surface area contributed by atoms with Crippen molar-refractivity contribution in [3.8, 4) is 17.1 Å². The molecule has 0 saturated heterocycles. The zero-order valence-electron chi connectivity index (χ0n) is 13.5. The number of carbonyl (C=O) groups excluding carboxylic acids is 1. The summed E-state index contributed by atoms with van der Waals surface area (Å²) in [5, 5.41) is 0.763. The number of hydrogen-bond acceptors (Lipinski definition) is 5. The largest absolute Gasteiger partial charge is 0.474 e. The Morgan fingerprint density at radius 1 is 1.12 bits per heavy atom. The number of rotatable bonds is 5. The Hall–Kier alpha value is -2.79. The van der Waals surface area contributed by atoms with Gasteiger partial charge >= 0.3 is 5.97 Å². The summed E-state index contributed by atoms with van der Waals surface area (Å²) in [5.41, 5.74) is 0.540. The fourth-order valence-electron chi connectivity index (χ4n) is 2.41. The highest BCUT2D eigenvalue weighted by Crippen LogP contribution is 2.35. The summed E-state index contributed by atoms with van der Waals surface area (Å²) in [6.45, 7) is 1.53. The molecule has 0 amide bonds. The Bertz CT molecular complexity index is 977. The van der Waals surface area contributed by atoms with E-state index in [9.17, 15) is 9.59 Å². The maximum atomic E-state index is 12.8. The lowest BCUT2D eigenvalue weighted by molar-refractivity contribution is -0.145. The van der Waals surface area contributed by atoms with Crippen molar-refractivity contribution < 1.29 is 18.7 Å². The Morgan fingerprint density at radius 2 is 1.84 bits per heavy atom. The van der Waals surface area contributed by atoms with Crippen LogP contribution in [0.4, 0.5) is 0 Å². The molecule has 5 nitrogen and oxygen atoms in total. The van der Waals surface area contributed by atoms with Crippen molar-refractivity contribution in [3.63, 3.8) is 0 Å². The predicted molar refractivity (Wildman–Crippen MR) is 95.1 cm³/mol. The molecule has 1 aromatic heterocycles. The summed E-state index contributed by atoms with van der Waals surface area (Å²) in [5.74, 6) is -0.460. The van der Waals surface area contributed by atoms with Crippen molar-refractivity contribution in [2.45, 2.75) is 6.92 Å². The molecule has 0 unspecified atom stereocenters. The summed E-state index contributed by atoms with van der Waals surface area (Å²) in [6.07, 6.45) is 0. The molecular formula is C19H15ClO5. The molecule has 0 N–H and O–H groups in total. The van der Waals surface area contributed by atoms with Crippen LogP contribution in [0.2, 0.25) is 5.02 Å². The minimum absolute atomic E-state index is 0.0696. The number of hydrogen-bond donors (Lipinski definition) is 0. The van der Waals surface area contributed by atoms with E-state index in [0.29, 0.717) is 21.6 Å². The molecule has 25 heavy (non-hydrogen) atoms. The third-order valence-corrected chi connectivity index (χ3v) is 3.84. The summed E-state index contributed by atoms with van der Waals surface area (Å²) >= 11 is 6.24. The van der Waals surface area contributed by atoms with E-state index in [1.165, 1.54) is 0 Å². The van der Waals surface area contributed by atoms with Gasteiger partial charge in [-0.15, -0.1) is 0 Å². The van der Waals surface area contributed by atoms with Crippen LogP contribution in [0.15, 0.2) is 57.7 Å². The second-order valence-corrected chi connectivity index (χ2v) is 5.57. The highest BCUT2D eigenvalue weighted by atomic mass is 35.5. The molecule has 128 valence electrons. The van der Waals surface area contributed by atoms with E-state index in [2.05, 4.69) is 0 Å². The lowest BCUT2D eigenvalue weighted by atomic mass is 10.1. The van der Waals surface area contributed by atoms with Gasteiger partial charge in [0.25, 0.3) is 0 Å². The Labute approximate surface area is 148 Å². The lowest BCUT2D eigenvalue weighted by Crippen LogP contribution is -2.18. The van der Waals surface area contributed by atoms with Gasteiger partial charge < -0.3 is 13.9 Å². The van der Waals surface area contributed by atoms with Crippen LogP contribution in [0.25, 0.3) is 22.3 Å². The van der Waals surface area contributed by atoms with Gasteiger partial charge in [0.2, 0.25) is 11.2 Å². The maximum absolute atomic E-state index is 12.8. The fraction of sp³-hybridized carbons (Fsp3) is 0.158. The fourth-order valence-corrected chi connectivity index (χ4v) is 2.63. The minimum Gasteiger partial charge on any atom is -0.474 e. The third kappa shape index (κ3) is 3.51. The van der Waals surface area contributed by atoms with Crippen molar-refractivity contribution in [2.24, 2.45) is 0 Å². The number of ether oxygens (including phenoxy) is 2. The smallest absolute Gasteiger partial charge is 0.344 e. The topological polar surface area (TPSA) is 65.7 Å². The average Bonchev–Trinajstić information content (AvgIpc) is 2.61. The highest BCUT2D eigenvalue weighted by Gasteiger charge is 2.20. The third-order valence-electron chi connectivity index (χ3n) is 3.51. The van der Waals surface area contributed by atoms with Crippen molar-refractivity contribution in [1.82, 2.24) is 0 Å². The average molecular weight is 359 g/mol. The van der Waals surface area contributed by atoms with Crippen LogP contribution < -0.4 is 10.2 Å². The molecule has 0 fully saturated rings. The van der Waals surface area contributed by atoms with Crippen LogP contribution in [-0.4, -0.2) is 19.2 Å². The number of esters is 1. The SMILES string of the molecule is CCOC(=O)COc1c(-c2ccccc2Cl)oc2ccccc2c1=O. The van der Waals surface area contributed by atoms with Crippen LogP contribution in [0.3, 0.4) is 0 Å². The maximum Gasteiger partial charge on any atom is 0.344 e. The van der Waals surface area contributed by atoms with Gasteiger partial charge in [0, 0.05) is 5.56 Å². The quantitative estimate of drug-likeness (QED) is 0.643. The Kier molecular flexibility index (Phi) is 5.05. The summed E-state index contributed by atoms with van der Waals surface area (Å²) < 4.78 is 16.2. The van der Waals surface area contributed by atoms with E-state index in [-0.39, 0.29) is 23.5 Å². The lowest BCUT2D eigenvalue weighted by Gasteiger charge is -2.12. The van der Waals surface area contributed by atoms with Crippen LogP contribution in [-0.2, 0) is 9.53 Å². The van der Waals surface area contributed by atoms with Crippen molar-refractivity contribution in [1.29, 1.82) is 0 Å². The molecule has 3 rings (SSSR count). The van der Waals surface area contributed by atoms with E-state index < -0.39 is 12.6 Å². The summed E-state index contributed by atoms with van der Waals surface area (Å²) in [4.78, 5) is 24.4. The van der Waals surface area contributed by atoms with Gasteiger partial charge in [0.1, 0.15) is 5.58 Å².